The third-order valence-corrected chi connectivity index (χ3v) is 10.7. The lowest BCUT2D eigenvalue weighted by Gasteiger charge is -2.49. The Morgan fingerprint density at radius 1 is 0.786 bits per heavy atom. The van der Waals surface area contributed by atoms with E-state index in [1.165, 1.54) is 9.80 Å². The number of nitrogens with zero attached hydrogens (tertiary/aromatic N) is 2. The molecule has 4 amide bonds. The maximum absolute atomic E-state index is 14.4. The summed E-state index contributed by atoms with van der Waals surface area (Å²) < 4.78 is 1.56. The Morgan fingerprint density at radius 3 is 2.17 bits per heavy atom. The number of rotatable bonds is 3. The molecule has 7 nitrogen and oxygen atoms in total. The summed E-state index contributed by atoms with van der Waals surface area (Å²) in [5.74, 6) is -4.29. The van der Waals surface area contributed by atoms with Crippen molar-refractivity contribution >= 4 is 66.9 Å². The van der Waals surface area contributed by atoms with Gasteiger partial charge in [0.2, 0.25) is 23.6 Å². The fourth-order valence-corrected chi connectivity index (χ4v) is 8.43. The van der Waals surface area contributed by atoms with E-state index in [9.17, 15) is 24.3 Å². The van der Waals surface area contributed by atoms with Crippen molar-refractivity contribution < 1.29 is 24.3 Å². The molecule has 3 aromatic rings. The highest BCUT2D eigenvalue weighted by atomic mass is 79.9. The normalized spacial score (nSPS) is 30.3. The molecule has 7 rings (SSSR count). The van der Waals surface area contributed by atoms with Gasteiger partial charge in [-0.3, -0.25) is 24.1 Å². The molecule has 9 heteroatoms. The summed E-state index contributed by atoms with van der Waals surface area (Å²) in [4.78, 5) is 58.9. The Kier molecular flexibility index (Phi) is 6.33. The highest BCUT2D eigenvalue weighted by molar-refractivity contribution is 9.10. The lowest BCUT2D eigenvalue weighted by molar-refractivity contribution is -0.131. The molecule has 1 N–H and O–H groups in total. The summed E-state index contributed by atoms with van der Waals surface area (Å²) in [5.41, 5.74) is 1.14. The van der Waals surface area contributed by atoms with Gasteiger partial charge in [0, 0.05) is 20.4 Å². The van der Waals surface area contributed by atoms with E-state index in [4.69, 9.17) is 0 Å². The number of anilines is 2. The molecule has 2 aliphatic carbocycles. The minimum Gasteiger partial charge on any atom is -0.508 e. The van der Waals surface area contributed by atoms with Crippen LogP contribution in [-0.2, 0) is 19.2 Å². The van der Waals surface area contributed by atoms with Gasteiger partial charge in [0.1, 0.15) is 5.75 Å². The molecule has 3 fully saturated rings. The van der Waals surface area contributed by atoms with Gasteiger partial charge in [0.25, 0.3) is 0 Å². The SMILES string of the molecule is CC12C(=O)N(c3ccccc3)C(=O)C1CC1C(=CCC3C(=O)N(c4ccc(Br)cc4)C(=O)C31)C2c1cc(Br)ccc1O. The standard InChI is InChI=1S/C33H26Br2N2O5/c1-33-25(30(40)37(32(33)42)19-5-3-2-4-6-19)16-23-21(28(33)24-15-18(35)9-14-26(24)38)12-13-22-27(23)31(41)36(29(22)39)20-10-7-17(34)8-11-20/h2-12,14-15,22-23,25,27-28,38H,13,16H2,1H3. The Hall–Kier alpha value is -3.56. The third kappa shape index (κ3) is 3.75. The average molecular weight is 690 g/mol. The van der Waals surface area contributed by atoms with E-state index in [0.29, 0.717) is 23.4 Å². The third-order valence-electron chi connectivity index (χ3n) is 9.67. The number of imide groups is 2. The smallest absolute Gasteiger partial charge is 0.241 e. The Balaban J connectivity index is 1.38. The van der Waals surface area contributed by atoms with E-state index in [1.54, 1.807) is 66.7 Å². The zero-order valence-electron chi connectivity index (χ0n) is 22.5. The van der Waals surface area contributed by atoms with E-state index < -0.39 is 35.0 Å². The zero-order chi connectivity index (χ0) is 29.5. The van der Waals surface area contributed by atoms with Crippen LogP contribution in [0.5, 0.6) is 5.75 Å². The number of carbonyl (C=O) groups excluding carboxylic acids is 4. The predicted molar refractivity (Wildman–Crippen MR) is 164 cm³/mol. The van der Waals surface area contributed by atoms with Crippen molar-refractivity contribution in [2.24, 2.45) is 29.1 Å². The van der Waals surface area contributed by atoms with Crippen LogP contribution in [0.15, 0.2) is 93.4 Å². The number of aromatic hydroxyl groups is 1. The van der Waals surface area contributed by atoms with Gasteiger partial charge in [-0.1, -0.05) is 61.7 Å². The Morgan fingerprint density at radius 2 is 1.45 bits per heavy atom. The number of hydrogen-bond acceptors (Lipinski definition) is 5. The number of fused-ring (bicyclic) bond motifs is 4. The molecule has 2 heterocycles. The first-order chi connectivity index (χ1) is 20.1. The van der Waals surface area contributed by atoms with Crippen LogP contribution in [0.2, 0.25) is 0 Å². The molecule has 3 aromatic carbocycles. The summed E-state index contributed by atoms with van der Waals surface area (Å²) >= 11 is 6.93. The lowest BCUT2D eigenvalue weighted by atomic mass is 9.51. The summed E-state index contributed by atoms with van der Waals surface area (Å²) in [6.45, 7) is 1.81. The molecule has 6 atom stereocenters. The number of para-hydroxylation sites is 1. The topological polar surface area (TPSA) is 95.0 Å². The van der Waals surface area contributed by atoms with Crippen molar-refractivity contribution in [3.8, 4) is 5.75 Å². The fraction of sp³-hybridized carbons (Fsp3) is 0.273. The molecule has 0 bridgehead atoms. The molecule has 0 radical (unpaired) electrons. The summed E-state index contributed by atoms with van der Waals surface area (Å²) in [7, 11) is 0. The van der Waals surface area contributed by atoms with Gasteiger partial charge in [-0.25, -0.2) is 4.90 Å². The largest absolute Gasteiger partial charge is 0.508 e. The van der Waals surface area contributed by atoms with Crippen molar-refractivity contribution in [2.45, 2.75) is 25.7 Å². The van der Waals surface area contributed by atoms with Crippen LogP contribution in [0.1, 0.15) is 31.2 Å². The number of benzene rings is 3. The maximum Gasteiger partial charge on any atom is 0.241 e. The molecule has 1 saturated carbocycles. The van der Waals surface area contributed by atoms with E-state index >= 15 is 0 Å². The molecule has 6 unspecified atom stereocenters. The van der Waals surface area contributed by atoms with Crippen LogP contribution in [0, 0.1) is 29.1 Å². The molecule has 212 valence electrons. The van der Waals surface area contributed by atoms with Crippen LogP contribution in [0.3, 0.4) is 0 Å². The van der Waals surface area contributed by atoms with Crippen molar-refractivity contribution in [1.29, 1.82) is 0 Å². The highest BCUT2D eigenvalue weighted by Gasteiger charge is 2.68. The Labute approximate surface area is 259 Å². The monoisotopic (exact) mass is 688 g/mol. The van der Waals surface area contributed by atoms with Gasteiger partial charge in [-0.15, -0.1) is 0 Å². The van der Waals surface area contributed by atoms with E-state index in [0.717, 1.165) is 14.5 Å². The van der Waals surface area contributed by atoms with Gasteiger partial charge >= 0.3 is 0 Å². The number of allylic oxidation sites excluding steroid dienone is 2. The van der Waals surface area contributed by atoms with Crippen molar-refractivity contribution in [3.63, 3.8) is 0 Å². The highest BCUT2D eigenvalue weighted by Crippen LogP contribution is 2.64. The minimum absolute atomic E-state index is 0.00979. The first-order valence-electron chi connectivity index (χ1n) is 13.9. The van der Waals surface area contributed by atoms with Gasteiger partial charge < -0.3 is 5.11 Å². The van der Waals surface area contributed by atoms with Crippen LogP contribution in [-0.4, -0.2) is 28.7 Å². The first-order valence-corrected chi connectivity index (χ1v) is 15.5. The molecule has 2 saturated heterocycles. The summed E-state index contributed by atoms with van der Waals surface area (Å²) in [5, 5.41) is 11.2. The van der Waals surface area contributed by atoms with Gasteiger partial charge in [-0.05, 0) is 80.3 Å². The second-order valence-electron chi connectivity index (χ2n) is 11.7. The second kappa shape index (κ2) is 9.74. The quantitative estimate of drug-likeness (QED) is 0.256. The molecule has 0 spiro atoms. The van der Waals surface area contributed by atoms with Crippen LogP contribution < -0.4 is 9.80 Å². The van der Waals surface area contributed by atoms with Crippen molar-refractivity contribution in [3.05, 3.63) is 99.0 Å². The van der Waals surface area contributed by atoms with Gasteiger partial charge in [0.15, 0.2) is 0 Å². The molecular weight excluding hydrogens is 664 g/mol. The van der Waals surface area contributed by atoms with Crippen LogP contribution in [0.4, 0.5) is 11.4 Å². The lowest BCUT2D eigenvalue weighted by Crippen LogP contribution is -2.48. The van der Waals surface area contributed by atoms with E-state index in [-0.39, 0.29) is 35.8 Å². The average Bonchev–Trinajstić information content (AvgIpc) is 3.35. The van der Waals surface area contributed by atoms with Crippen molar-refractivity contribution in [2.75, 3.05) is 9.80 Å². The predicted octanol–water partition coefficient (Wildman–Crippen LogP) is 6.35. The maximum atomic E-state index is 14.4. The second-order valence-corrected chi connectivity index (χ2v) is 13.5. The number of amides is 4. The molecular formula is C33H26Br2N2O5. The number of hydrogen-bond donors (Lipinski definition) is 1. The van der Waals surface area contributed by atoms with Crippen LogP contribution in [0.25, 0.3) is 0 Å². The summed E-state index contributed by atoms with van der Waals surface area (Å²) in [6.07, 6.45) is 2.58. The summed E-state index contributed by atoms with van der Waals surface area (Å²) in [6, 6.07) is 21.0. The number of phenols is 1. The number of phenolic OH excluding ortho intramolecular Hbond substituents is 1. The fourth-order valence-electron chi connectivity index (χ4n) is 7.78. The zero-order valence-corrected chi connectivity index (χ0v) is 25.7. The van der Waals surface area contributed by atoms with Crippen molar-refractivity contribution in [1.82, 2.24) is 0 Å². The number of carbonyl (C=O) groups is 4. The molecule has 2 aliphatic heterocycles. The number of halogens is 2. The van der Waals surface area contributed by atoms with Gasteiger partial charge in [0.05, 0.1) is 34.5 Å². The molecule has 0 aromatic heterocycles. The molecule has 42 heavy (non-hydrogen) atoms. The van der Waals surface area contributed by atoms with Gasteiger partial charge in [-0.2, -0.15) is 0 Å². The Bertz CT molecular complexity index is 1710. The molecule has 4 aliphatic rings. The first kappa shape index (κ1) is 27.3. The minimum atomic E-state index is -1.21. The van der Waals surface area contributed by atoms with Crippen LogP contribution >= 0.6 is 31.9 Å². The van der Waals surface area contributed by atoms with E-state index in [2.05, 4.69) is 31.9 Å². The van der Waals surface area contributed by atoms with E-state index in [1.807, 2.05) is 19.1 Å².